The molecule has 2 atom stereocenters. The van der Waals surface area contributed by atoms with Gasteiger partial charge in [0.15, 0.2) is 0 Å². The number of nitrogens with zero attached hydrogens (tertiary/aromatic N) is 6. The summed E-state index contributed by atoms with van der Waals surface area (Å²) in [4.78, 5) is 31.2. The van der Waals surface area contributed by atoms with Crippen LogP contribution in [-0.4, -0.2) is 61.0 Å². The van der Waals surface area contributed by atoms with Crippen molar-refractivity contribution in [1.29, 1.82) is 0 Å². The molecule has 0 saturated carbocycles. The molecule has 3 N–H and O–H groups in total. The highest BCUT2D eigenvalue weighted by atomic mass is 16.5. The maximum Gasteiger partial charge on any atom is 0.346 e. The van der Waals surface area contributed by atoms with Gasteiger partial charge in [0.05, 0.1) is 6.04 Å². The second-order valence-electron chi connectivity index (χ2n) is 9.57. The lowest BCUT2D eigenvalue weighted by Gasteiger charge is -2.38. The summed E-state index contributed by atoms with van der Waals surface area (Å²) in [5.41, 5.74) is 7.54. The summed E-state index contributed by atoms with van der Waals surface area (Å²) in [6.45, 7) is 1.93. The van der Waals surface area contributed by atoms with Crippen LogP contribution in [0.25, 0.3) is 11.3 Å². The van der Waals surface area contributed by atoms with Crippen LogP contribution in [0.2, 0.25) is 0 Å². The van der Waals surface area contributed by atoms with Crippen molar-refractivity contribution < 1.29 is 14.3 Å². The van der Waals surface area contributed by atoms with Crippen molar-refractivity contribution in [3.8, 4) is 22.8 Å². The normalized spacial score (nSPS) is 18.9. The smallest absolute Gasteiger partial charge is 0.346 e. The molecule has 6 rings (SSSR count). The number of nitrogens with two attached hydrogens (primary N) is 1. The van der Waals surface area contributed by atoms with E-state index in [4.69, 9.17) is 15.6 Å². The number of carbonyl (C=O) groups excluding carboxylic acids is 2. The molecule has 0 bridgehead atoms. The van der Waals surface area contributed by atoms with Gasteiger partial charge in [-0.15, -0.1) is 0 Å². The van der Waals surface area contributed by atoms with Crippen LogP contribution < -0.4 is 15.8 Å². The van der Waals surface area contributed by atoms with E-state index in [0.29, 0.717) is 42.5 Å². The minimum Gasteiger partial charge on any atom is -0.457 e. The molecule has 2 aliphatic rings. The number of para-hydroxylation sites is 1. The quantitative estimate of drug-likeness (QED) is 0.416. The van der Waals surface area contributed by atoms with E-state index in [0.717, 1.165) is 30.6 Å². The van der Waals surface area contributed by atoms with Crippen molar-refractivity contribution in [2.45, 2.75) is 25.3 Å². The molecule has 4 aromatic rings. The van der Waals surface area contributed by atoms with E-state index in [1.807, 2.05) is 64.2 Å². The standard InChI is InChI=1S/C27H28N8O3/c28-25(36)23-24(18-8-10-21(11-9-18)38-20-6-2-1-3-7-20)32-35-22(12-13-30-26(23)35)19-5-4-14-33(15-19)27(37)34-17-29-16-31-34/h1-3,6-11,16-17,19,22,30H,4-5,12-15H2,(H2,28,36). The Morgan fingerprint density at radius 2 is 1.82 bits per heavy atom. The number of ether oxygens (including phenoxy) is 1. The Bertz CT molecular complexity index is 1430. The maximum atomic E-state index is 12.9. The second-order valence-corrected chi connectivity index (χ2v) is 9.57. The number of primary amides is 1. The molecule has 2 unspecified atom stereocenters. The minimum absolute atomic E-state index is 0.0186. The molecule has 2 aromatic heterocycles. The molecule has 2 aromatic carbocycles. The van der Waals surface area contributed by atoms with Crippen molar-refractivity contribution in [3.63, 3.8) is 0 Å². The van der Waals surface area contributed by atoms with E-state index in [9.17, 15) is 9.59 Å². The third-order valence-corrected chi connectivity index (χ3v) is 7.20. The summed E-state index contributed by atoms with van der Waals surface area (Å²) >= 11 is 0. The molecule has 2 aliphatic heterocycles. The lowest BCUT2D eigenvalue weighted by atomic mass is 9.88. The topological polar surface area (TPSA) is 133 Å². The first-order valence-corrected chi connectivity index (χ1v) is 12.7. The minimum atomic E-state index is -0.536. The number of amides is 2. The number of benzene rings is 2. The fourth-order valence-corrected chi connectivity index (χ4v) is 5.43. The fraction of sp³-hybridized carbons (Fsp3) is 0.296. The second kappa shape index (κ2) is 10.0. The van der Waals surface area contributed by atoms with Crippen LogP contribution in [0.4, 0.5) is 10.6 Å². The van der Waals surface area contributed by atoms with Crippen LogP contribution in [0, 0.1) is 5.92 Å². The molecule has 4 heterocycles. The van der Waals surface area contributed by atoms with Crippen molar-refractivity contribution in [3.05, 3.63) is 72.8 Å². The van der Waals surface area contributed by atoms with E-state index < -0.39 is 5.91 Å². The monoisotopic (exact) mass is 512 g/mol. The van der Waals surface area contributed by atoms with Crippen LogP contribution in [0.5, 0.6) is 11.5 Å². The first-order chi connectivity index (χ1) is 18.6. The van der Waals surface area contributed by atoms with Crippen molar-refractivity contribution >= 4 is 17.8 Å². The predicted octanol–water partition coefficient (Wildman–Crippen LogP) is 3.77. The third-order valence-electron chi connectivity index (χ3n) is 7.20. The number of rotatable bonds is 5. The van der Waals surface area contributed by atoms with Gasteiger partial charge >= 0.3 is 6.03 Å². The van der Waals surface area contributed by atoms with Crippen molar-refractivity contribution in [1.82, 2.24) is 29.4 Å². The van der Waals surface area contributed by atoms with Gasteiger partial charge in [-0.3, -0.25) is 4.79 Å². The number of hydrogen-bond acceptors (Lipinski definition) is 7. The number of hydrogen-bond donors (Lipinski definition) is 2. The molecule has 11 nitrogen and oxygen atoms in total. The number of carbonyl (C=O) groups is 2. The van der Waals surface area contributed by atoms with Crippen LogP contribution in [0.1, 0.15) is 35.7 Å². The van der Waals surface area contributed by atoms with E-state index in [1.165, 1.54) is 17.3 Å². The van der Waals surface area contributed by atoms with Gasteiger partial charge in [-0.2, -0.15) is 14.9 Å². The number of likely N-dealkylation sites (tertiary alicyclic amines) is 1. The van der Waals surface area contributed by atoms with E-state index >= 15 is 0 Å². The fourth-order valence-electron chi connectivity index (χ4n) is 5.43. The summed E-state index contributed by atoms with van der Waals surface area (Å²) in [6.07, 6.45) is 5.44. The zero-order valence-electron chi connectivity index (χ0n) is 20.7. The summed E-state index contributed by atoms with van der Waals surface area (Å²) in [6, 6.07) is 16.8. The molecule has 1 saturated heterocycles. The number of piperidine rings is 1. The summed E-state index contributed by atoms with van der Waals surface area (Å²) in [7, 11) is 0. The largest absolute Gasteiger partial charge is 0.457 e. The molecule has 0 radical (unpaired) electrons. The molecule has 0 aliphatic carbocycles. The summed E-state index contributed by atoms with van der Waals surface area (Å²) in [5, 5.41) is 12.2. The van der Waals surface area contributed by atoms with Crippen LogP contribution >= 0.6 is 0 Å². The average Bonchev–Trinajstić information content (AvgIpc) is 3.62. The van der Waals surface area contributed by atoms with Gasteiger partial charge in [-0.1, -0.05) is 18.2 Å². The molecule has 194 valence electrons. The summed E-state index contributed by atoms with van der Waals surface area (Å²) in [5.74, 6) is 1.69. The SMILES string of the molecule is NC(=O)c1c(-c2ccc(Oc3ccccc3)cc2)nn2c1NCCC2C1CCCN(C(=O)n2cncn2)C1. The Morgan fingerprint density at radius 3 is 2.55 bits per heavy atom. The molecular formula is C27H28N8O3. The van der Waals surface area contributed by atoms with Crippen molar-refractivity contribution in [2.24, 2.45) is 11.7 Å². The highest BCUT2D eigenvalue weighted by molar-refractivity contribution is 6.03. The molecule has 38 heavy (non-hydrogen) atoms. The molecule has 1 fully saturated rings. The Morgan fingerprint density at radius 1 is 1.03 bits per heavy atom. The summed E-state index contributed by atoms with van der Waals surface area (Å²) < 4.78 is 9.08. The maximum absolute atomic E-state index is 12.9. The molecule has 0 spiro atoms. The lowest BCUT2D eigenvalue weighted by molar-refractivity contribution is 0.100. The Hall–Kier alpha value is -4.67. The zero-order valence-corrected chi connectivity index (χ0v) is 20.7. The van der Waals surface area contributed by atoms with Gasteiger partial charge in [0.1, 0.15) is 41.2 Å². The van der Waals surface area contributed by atoms with Gasteiger partial charge in [-0.05, 0) is 61.6 Å². The van der Waals surface area contributed by atoms with Gasteiger partial charge in [0, 0.05) is 25.2 Å². The number of anilines is 1. The van der Waals surface area contributed by atoms with Crippen LogP contribution in [-0.2, 0) is 0 Å². The van der Waals surface area contributed by atoms with Gasteiger partial charge in [0.2, 0.25) is 0 Å². The highest BCUT2D eigenvalue weighted by Crippen LogP contribution is 2.39. The average molecular weight is 513 g/mol. The van der Waals surface area contributed by atoms with E-state index in [2.05, 4.69) is 15.4 Å². The van der Waals surface area contributed by atoms with Crippen LogP contribution in [0.15, 0.2) is 67.3 Å². The number of nitrogens with one attached hydrogen (secondary N) is 1. The van der Waals surface area contributed by atoms with E-state index in [1.54, 1.807) is 0 Å². The highest BCUT2D eigenvalue weighted by Gasteiger charge is 2.36. The number of fused-ring (bicyclic) bond motifs is 1. The predicted molar refractivity (Wildman–Crippen MR) is 140 cm³/mol. The number of aromatic nitrogens is 5. The lowest BCUT2D eigenvalue weighted by Crippen LogP contribution is -2.45. The molecule has 11 heteroatoms. The third kappa shape index (κ3) is 4.47. The van der Waals surface area contributed by atoms with Gasteiger partial charge in [0.25, 0.3) is 5.91 Å². The van der Waals surface area contributed by atoms with Gasteiger partial charge < -0.3 is 20.7 Å². The first-order valence-electron chi connectivity index (χ1n) is 12.7. The molecule has 2 amide bonds. The van der Waals surface area contributed by atoms with Crippen LogP contribution in [0.3, 0.4) is 0 Å². The Kier molecular flexibility index (Phi) is 6.24. The Balaban J connectivity index is 1.28. The molecular weight excluding hydrogens is 484 g/mol. The van der Waals surface area contributed by atoms with Crippen molar-refractivity contribution in [2.75, 3.05) is 25.0 Å². The Labute approximate surface area is 219 Å². The zero-order chi connectivity index (χ0) is 26.1. The van der Waals surface area contributed by atoms with Gasteiger partial charge in [-0.25, -0.2) is 14.5 Å². The first kappa shape index (κ1) is 23.7. The van der Waals surface area contributed by atoms with E-state index in [-0.39, 0.29) is 18.0 Å².